The number of carbonyl (C=O) groups is 1. The summed E-state index contributed by atoms with van der Waals surface area (Å²) in [6.45, 7) is 5.34. The molecule has 0 atom stereocenters. The molecule has 5 rings (SSSR count). The van der Waals surface area contributed by atoms with E-state index in [1.165, 1.54) is 19.3 Å². The van der Waals surface area contributed by atoms with Crippen molar-refractivity contribution in [2.45, 2.75) is 58.8 Å². The molecule has 0 unspecified atom stereocenters. The van der Waals surface area contributed by atoms with Gasteiger partial charge in [0.05, 0.1) is 5.69 Å². The summed E-state index contributed by atoms with van der Waals surface area (Å²) in [7, 11) is 0. The third-order valence-electron chi connectivity index (χ3n) is 7.03. The molecule has 0 aromatic heterocycles. The van der Waals surface area contributed by atoms with Crippen LogP contribution in [0.3, 0.4) is 0 Å². The summed E-state index contributed by atoms with van der Waals surface area (Å²) in [6, 6.07) is 0. The highest BCUT2D eigenvalue weighted by Crippen LogP contribution is 2.60. The fraction of sp³-hybridized carbons (Fsp3) is 0.750. The van der Waals surface area contributed by atoms with E-state index in [1.54, 1.807) is 0 Å². The average Bonchev–Trinajstić information content (AvgIpc) is 2.56. The SMILES string of the molecule is CCN(CC)c1c(CC(=O)C23CC4CC(CC(C4)C2)C3)c(=O)c1=O. The van der Waals surface area contributed by atoms with Crippen molar-refractivity contribution in [3.8, 4) is 0 Å². The van der Waals surface area contributed by atoms with E-state index in [9.17, 15) is 14.4 Å². The number of hydrogen-bond acceptors (Lipinski definition) is 4. The summed E-state index contributed by atoms with van der Waals surface area (Å²) in [4.78, 5) is 39.2. The van der Waals surface area contributed by atoms with Crippen LogP contribution in [0.15, 0.2) is 9.59 Å². The Labute approximate surface area is 142 Å². The van der Waals surface area contributed by atoms with Crippen molar-refractivity contribution in [3.05, 3.63) is 26.0 Å². The Balaban J connectivity index is 1.59. The standard InChI is InChI=1S/C20H27NO3/c1-3-21(4-2)17-15(18(23)19(17)24)8-16(22)20-9-12-5-13(10-20)7-14(6-12)11-20/h12-14H,3-11H2,1-2H3. The van der Waals surface area contributed by atoms with Gasteiger partial charge in [-0.05, 0) is 70.1 Å². The number of rotatable bonds is 6. The van der Waals surface area contributed by atoms with Crippen LogP contribution >= 0.6 is 0 Å². The van der Waals surface area contributed by atoms with E-state index in [0.717, 1.165) is 37.0 Å². The topological polar surface area (TPSA) is 54.5 Å². The van der Waals surface area contributed by atoms with Crippen LogP contribution in [0, 0.1) is 23.2 Å². The van der Waals surface area contributed by atoms with E-state index in [-0.39, 0.29) is 17.6 Å². The van der Waals surface area contributed by atoms with Crippen molar-refractivity contribution >= 4 is 11.5 Å². The zero-order chi connectivity index (χ0) is 17.1. The summed E-state index contributed by atoms with van der Waals surface area (Å²) in [5.41, 5.74) is 0.00389. The first-order valence-corrected chi connectivity index (χ1v) is 9.57. The lowest BCUT2D eigenvalue weighted by molar-refractivity contribution is -0.143. The van der Waals surface area contributed by atoms with E-state index in [4.69, 9.17) is 0 Å². The fourth-order valence-electron chi connectivity index (χ4n) is 6.27. The van der Waals surface area contributed by atoms with Crippen molar-refractivity contribution in [1.82, 2.24) is 0 Å². The number of anilines is 1. The summed E-state index contributed by atoms with van der Waals surface area (Å²) in [5, 5.41) is 0. The number of Topliss-reactive ketones (excluding diaryl/α,β-unsaturated/α-hetero) is 1. The number of nitrogens with zero attached hydrogens (tertiary/aromatic N) is 1. The zero-order valence-corrected chi connectivity index (χ0v) is 14.8. The lowest BCUT2D eigenvalue weighted by atomic mass is 9.48. The summed E-state index contributed by atoms with van der Waals surface area (Å²) in [6.07, 6.45) is 7.16. The number of ketones is 1. The normalized spacial score (nSPS) is 34.0. The van der Waals surface area contributed by atoms with Crippen molar-refractivity contribution in [2.75, 3.05) is 18.0 Å². The van der Waals surface area contributed by atoms with Crippen LogP contribution in [0.25, 0.3) is 0 Å². The maximum atomic E-state index is 13.2. The molecule has 4 saturated carbocycles. The van der Waals surface area contributed by atoms with Gasteiger partial charge in [0, 0.05) is 30.5 Å². The molecule has 4 aliphatic carbocycles. The van der Waals surface area contributed by atoms with E-state index in [0.29, 0.717) is 24.3 Å². The average molecular weight is 329 g/mol. The van der Waals surface area contributed by atoms with Gasteiger partial charge in [0.2, 0.25) is 10.9 Å². The molecule has 1 aromatic rings. The Morgan fingerprint density at radius 1 is 0.958 bits per heavy atom. The molecule has 4 nitrogen and oxygen atoms in total. The summed E-state index contributed by atoms with van der Waals surface area (Å²) in [5.74, 6) is 2.39. The first kappa shape index (κ1) is 16.0. The third kappa shape index (κ3) is 2.21. The molecule has 4 heteroatoms. The van der Waals surface area contributed by atoms with Crippen LogP contribution in [0.5, 0.6) is 0 Å². The minimum absolute atomic E-state index is 0.183. The van der Waals surface area contributed by atoms with Gasteiger partial charge in [-0.1, -0.05) is 0 Å². The second-order valence-corrected chi connectivity index (χ2v) is 8.46. The molecule has 0 spiro atoms. The molecule has 1 aromatic carbocycles. The number of carbonyl (C=O) groups excluding carboxylic acids is 1. The zero-order valence-electron chi connectivity index (χ0n) is 14.8. The molecule has 0 saturated heterocycles. The second kappa shape index (κ2) is 5.53. The van der Waals surface area contributed by atoms with Gasteiger partial charge in [0.25, 0.3) is 0 Å². The lowest BCUT2D eigenvalue weighted by Gasteiger charge is -2.56. The van der Waals surface area contributed by atoms with Crippen LogP contribution in [0.2, 0.25) is 0 Å². The Hall–Kier alpha value is -1.45. The fourth-order valence-corrected chi connectivity index (χ4v) is 6.27. The smallest absolute Gasteiger partial charge is 0.249 e. The Morgan fingerprint density at radius 2 is 1.46 bits per heavy atom. The van der Waals surface area contributed by atoms with Gasteiger partial charge in [-0.3, -0.25) is 14.4 Å². The van der Waals surface area contributed by atoms with Gasteiger partial charge < -0.3 is 4.90 Å². The van der Waals surface area contributed by atoms with E-state index in [1.807, 2.05) is 18.7 Å². The van der Waals surface area contributed by atoms with Gasteiger partial charge in [0.1, 0.15) is 5.78 Å². The first-order valence-electron chi connectivity index (χ1n) is 9.57. The Morgan fingerprint density at radius 3 is 1.92 bits per heavy atom. The van der Waals surface area contributed by atoms with Crippen LogP contribution in [0.4, 0.5) is 5.69 Å². The van der Waals surface area contributed by atoms with Gasteiger partial charge in [-0.25, -0.2) is 0 Å². The quantitative estimate of drug-likeness (QED) is 0.752. The molecule has 4 aliphatic rings. The Kier molecular flexibility index (Phi) is 3.70. The summed E-state index contributed by atoms with van der Waals surface area (Å²) < 4.78 is 0. The molecular weight excluding hydrogens is 302 g/mol. The highest BCUT2D eigenvalue weighted by Gasteiger charge is 2.54. The van der Waals surface area contributed by atoms with Gasteiger partial charge >= 0.3 is 0 Å². The van der Waals surface area contributed by atoms with Gasteiger partial charge in [-0.15, -0.1) is 0 Å². The second-order valence-electron chi connectivity index (χ2n) is 8.46. The van der Waals surface area contributed by atoms with Crippen LogP contribution < -0.4 is 15.8 Å². The van der Waals surface area contributed by atoms with Crippen LogP contribution in [-0.2, 0) is 11.2 Å². The van der Waals surface area contributed by atoms with Crippen LogP contribution in [0.1, 0.15) is 57.9 Å². The minimum Gasteiger partial charge on any atom is -0.368 e. The largest absolute Gasteiger partial charge is 0.368 e. The molecule has 0 aliphatic heterocycles. The molecule has 4 fully saturated rings. The van der Waals surface area contributed by atoms with Crippen molar-refractivity contribution < 1.29 is 4.79 Å². The lowest BCUT2D eigenvalue weighted by Crippen LogP contribution is -2.52. The van der Waals surface area contributed by atoms with E-state index < -0.39 is 10.9 Å². The van der Waals surface area contributed by atoms with Crippen molar-refractivity contribution in [1.29, 1.82) is 0 Å². The molecule has 24 heavy (non-hydrogen) atoms. The molecule has 0 radical (unpaired) electrons. The predicted molar refractivity (Wildman–Crippen MR) is 94.2 cm³/mol. The highest BCUT2D eigenvalue weighted by atomic mass is 16.2. The van der Waals surface area contributed by atoms with E-state index >= 15 is 0 Å². The Bertz CT molecular complexity index is 701. The third-order valence-corrected chi connectivity index (χ3v) is 7.03. The van der Waals surface area contributed by atoms with Crippen molar-refractivity contribution in [2.24, 2.45) is 23.2 Å². The maximum Gasteiger partial charge on any atom is 0.249 e. The maximum absolute atomic E-state index is 13.2. The molecule has 130 valence electrons. The molecular formula is C20H27NO3. The highest BCUT2D eigenvalue weighted by molar-refractivity contribution is 5.89. The van der Waals surface area contributed by atoms with Gasteiger partial charge in [-0.2, -0.15) is 0 Å². The molecule has 0 heterocycles. The predicted octanol–water partition coefficient (Wildman–Crippen LogP) is 2.46. The number of hydrogen-bond donors (Lipinski definition) is 0. The minimum atomic E-state index is -0.421. The molecule has 0 amide bonds. The molecule has 4 bridgehead atoms. The summed E-state index contributed by atoms with van der Waals surface area (Å²) >= 11 is 0. The van der Waals surface area contributed by atoms with E-state index in [2.05, 4.69) is 0 Å². The van der Waals surface area contributed by atoms with Crippen LogP contribution in [-0.4, -0.2) is 18.9 Å². The van der Waals surface area contributed by atoms with Gasteiger partial charge in [0.15, 0.2) is 0 Å². The monoisotopic (exact) mass is 329 g/mol. The first-order chi connectivity index (χ1) is 11.5. The molecule has 0 N–H and O–H groups in total. The van der Waals surface area contributed by atoms with Crippen molar-refractivity contribution in [3.63, 3.8) is 0 Å².